The molecule has 1 unspecified atom stereocenters. The summed E-state index contributed by atoms with van der Waals surface area (Å²) in [5.74, 6) is 0.685. The average Bonchev–Trinajstić information content (AvgIpc) is 3.22. The van der Waals surface area contributed by atoms with E-state index in [4.69, 9.17) is 0 Å². The van der Waals surface area contributed by atoms with Crippen molar-refractivity contribution in [2.75, 3.05) is 13.1 Å². The fourth-order valence-electron chi connectivity index (χ4n) is 3.91. The molecule has 3 fully saturated rings. The molecule has 20 heavy (non-hydrogen) atoms. The molecule has 3 amide bonds. The molecule has 1 heterocycles. The van der Waals surface area contributed by atoms with Crippen molar-refractivity contribution in [3.63, 3.8) is 0 Å². The molecule has 0 spiro atoms. The second-order valence-electron chi connectivity index (χ2n) is 6.67. The van der Waals surface area contributed by atoms with E-state index in [-0.39, 0.29) is 11.9 Å². The molecular weight excluding hydrogens is 254 g/mol. The quantitative estimate of drug-likeness (QED) is 0.692. The zero-order valence-corrected chi connectivity index (χ0v) is 12.1. The molecular formula is C15H26N3O2+. The number of hydrogen-bond donors (Lipinski definition) is 3. The van der Waals surface area contributed by atoms with E-state index in [2.05, 4.69) is 10.6 Å². The number of hydrogen-bond acceptors (Lipinski definition) is 2. The zero-order valence-electron chi connectivity index (χ0n) is 12.1. The van der Waals surface area contributed by atoms with Gasteiger partial charge in [-0.3, -0.25) is 10.1 Å². The number of fused-ring (bicyclic) bond motifs is 1. The highest BCUT2D eigenvalue weighted by molar-refractivity contribution is 5.94. The van der Waals surface area contributed by atoms with Gasteiger partial charge in [-0.25, -0.2) is 4.79 Å². The van der Waals surface area contributed by atoms with E-state index in [1.54, 1.807) is 0 Å². The lowest BCUT2D eigenvalue weighted by Gasteiger charge is -2.40. The summed E-state index contributed by atoms with van der Waals surface area (Å²) in [7, 11) is 0. The Balaban J connectivity index is 1.47. The third-order valence-electron chi connectivity index (χ3n) is 5.06. The zero-order chi connectivity index (χ0) is 13.9. The van der Waals surface area contributed by atoms with Crippen molar-refractivity contribution in [2.24, 2.45) is 5.92 Å². The standard InChI is InChI=1S/C15H25N3O2/c19-14(17-15(20)16-12-7-8-12)10-18-9-3-5-11-4-1-2-6-13(11)18/h11-13H,1-10H2,(H2,16,17,19,20)/p+1/t11-,13+/m1/s1. The number of carbonyl (C=O) groups is 2. The summed E-state index contributed by atoms with van der Waals surface area (Å²) in [4.78, 5) is 25.0. The average molecular weight is 280 g/mol. The van der Waals surface area contributed by atoms with Crippen LogP contribution in [0.25, 0.3) is 0 Å². The van der Waals surface area contributed by atoms with Crippen LogP contribution in [0, 0.1) is 5.92 Å². The van der Waals surface area contributed by atoms with Crippen LogP contribution in [-0.4, -0.2) is 37.1 Å². The number of carbonyl (C=O) groups excluding carboxylic acids is 2. The molecule has 3 aliphatic rings. The van der Waals surface area contributed by atoms with Gasteiger partial charge in [-0.2, -0.15) is 0 Å². The van der Waals surface area contributed by atoms with E-state index in [0.717, 1.165) is 25.3 Å². The van der Waals surface area contributed by atoms with Crippen molar-refractivity contribution in [2.45, 2.75) is 63.5 Å². The molecule has 5 nitrogen and oxygen atoms in total. The molecule has 0 radical (unpaired) electrons. The lowest BCUT2D eigenvalue weighted by molar-refractivity contribution is -0.928. The highest BCUT2D eigenvalue weighted by Gasteiger charge is 2.37. The van der Waals surface area contributed by atoms with E-state index in [1.165, 1.54) is 43.4 Å². The summed E-state index contributed by atoms with van der Waals surface area (Å²) in [5, 5.41) is 5.28. The topological polar surface area (TPSA) is 62.6 Å². The fraction of sp³-hybridized carbons (Fsp3) is 0.867. The number of quaternary nitrogens is 1. The first-order valence-corrected chi connectivity index (χ1v) is 8.17. The first-order chi connectivity index (χ1) is 9.72. The highest BCUT2D eigenvalue weighted by atomic mass is 16.2. The van der Waals surface area contributed by atoms with Gasteiger partial charge in [-0.1, -0.05) is 6.42 Å². The van der Waals surface area contributed by atoms with Crippen LogP contribution in [0.4, 0.5) is 4.79 Å². The number of imide groups is 1. The van der Waals surface area contributed by atoms with Gasteiger partial charge < -0.3 is 10.2 Å². The maximum absolute atomic E-state index is 12.0. The maximum Gasteiger partial charge on any atom is 0.321 e. The predicted octanol–water partition coefficient (Wildman–Crippen LogP) is 0.212. The van der Waals surface area contributed by atoms with E-state index in [9.17, 15) is 9.59 Å². The Labute approximate surface area is 120 Å². The maximum atomic E-state index is 12.0. The minimum Gasteiger partial charge on any atom is -0.335 e. The van der Waals surface area contributed by atoms with Crippen LogP contribution in [0.1, 0.15) is 51.4 Å². The molecule has 2 saturated carbocycles. The number of piperidine rings is 1. The molecule has 1 aliphatic heterocycles. The van der Waals surface area contributed by atoms with Gasteiger partial charge in [0.15, 0.2) is 6.54 Å². The van der Waals surface area contributed by atoms with Crippen LogP contribution in [-0.2, 0) is 4.79 Å². The van der Waals surface area contributed by atoms with Crippen molar-refractivity contribution in [3.05, 3.63) is 0 Å². The van der Waals surface area contributed by atoms with Crippen LogP contribution >= 0.6 is 0 Å². The first kappa shape index (κ1) is 13.9. The number of nitrogens with one attached hydrogen (secondary N) is 3. The SMILES string of the molecule is O=C(C[NH+]1CCC[C@H]2CCCC[C@@H]21)NC(=O)NC1CC1. The Kier molecular flexibility index (Phi) is 4.24. The molecule has 0 aromatic rings. The van der Waals surface area contributed by atoms with Crippen molar-refractivity contribution >= 4 is 11.9 Å². The number of amides is 3. The van der Waals surface area contributed by atoms with Crippen molar-refractivity contribution in [3.8, 4) is 0 Å². The lowest BCUT2D eigenvalue weighted by Crippen LogP contribution is -3.18. The monoisotopic (exact) mass is 280 g/mol. The predicted molar refractivity (Wildman–Crippen MR) is 75.4 cm³/mol. The molecule has 3 N–H and O–H groups in total. The summed E-state index contributed by atoms with van der Waals surface area (Å²) >= 11 is 0. The van der Waals surface area contributed by atoms with Crippen molar-refractivity contribution in [1.29, 1.82) is 0 Å². The molecule has 0 aromatic carbocycles. The first-order valence-electron chi connectivity index (χ1n) is 8.17. The van der Waals surface area contributed by atoms with E-state index in [0.29, 0.717) is 18.6 Å². The van der Waals surface area contributed by atoms with Gasteiger partial charge in [0.1, 0.15) is 0 Å². The second kappa shape index (κ2) is 6.12. The second-order valence-corrected chi connectivity index (χ2v) is 6.67. The summed E-state index contributed by atoms with van der Waals surface area (Å²) in [5.41, 5.74) is 0. The van der Waals surface area contributed by atoms with Crippen LogP contribution in [0.2, 0.25) is 0 Å². The summed E-state index contributed by atoms with van der Waals surface area (Å²) < 4.78 is 0. The van der Waals surface area contributed by atoms with Gasteiger partial charge in [0.2, 0.25) is 0 Å². The third-order valence-corrected chi connectivity index (χ3v) is 5.06. The summed E-state index contributed by atoms with van der Waals surface area (Å²) in [6.07, 6.45) is 9.87. The van der Waals surface area contributed by atoms with Crippen LogP contribution < -0.4 is 15.5 Å². The number of rotatable bonds is 3. The van der Waals surface area contributed by atoms with Gasteiger partial charge in [0.25, 0.3) is 5.91 Å². The van der Waals surface area contributed by atoms with Gasteiger partial charge in [-0.05, 0) is 44.9 Å². The third kappa shape index (κ3) is 3.51. The molecule has 0 bridgehead atoms. The summed E-state index contributed by atoms with van der Waals surface area (Å²) in [6.45, 7) is 1.54. The Morgan fingerprint density at radius 3 is 2.55 bits per heavy atom. The highest BCUT2D eigenvalue weighted by Crippen LogP contribution is 2.28. The largest absolute Gasteiger partial charge is 0.335 e. The van der Waals surface area contributed by atoms with E-state index in [1.807, 2.05) is 0 Å². The molecule has 3 rings (SSSR count). The fourth-order valence-corrected chi connectivity index (χ4v) is 3.91. The Bertz CT molecular complexity index is 379. The van der Waals surface area contributed by atoms with Crippen LogP contribution in [0.15, 0.2) is 0 Å². The van der Waals surface area contributed by atoms with Gasteiger partial charge >= 0.3 is 6.03 Å². The summed E-state index contributed by atoms with van der Waals surface area (Å²) in [6, 6.07) is 0.636. The Hall–Kier alpha value is -1.10. The van der Waals surface area contributed by atoms with E-state index < -0.39 is 0 Å². The molecule has 5 heteroatoms. The number of likely N-dealkylation sites (tertiary alicyclic amines) is 1. The normalized spacial score (nSPS) is 33.1. The number of urea groups is 1. The molecule has 112 valence electrons. The van der Waals surface area contributed by atoms with Gasteiger partial charge in [0, 0.05) is 12.0 Å². The lowest BCUT2D eigenvalue weighted by atomic mass is 9.78. The van der Waals surface area contributed by atoms with Crippen LogP contribution in [0.5, 0.6) is 0 Å². The van der Waals surface area contributed by atoms with E-state index >= 15 is 0 Å². The van der Waals surface area contributed by atoms with Gasteiger partial charge in [0.05, 0.1) is 12.6 Å². The molecule has 0 aromatic heterocycles. The van der Waals surface area contributed by atoms with Crippen LogP contribution in [0.3, 0.4) is 0 Å². The smallest absolute Gasteiger partial charge is 0.321 e. The Morgan fingerprint density at radius 2 is 1.75 bits per heavy atom. The van der Waals surface area contributed by atoms with Crippen molar-refractivity contribution in [1.82, 2.24) is 10.6 Å². The minimum absolute atomic E-state index is 0.121. The van der Waals surface area contributed by atoms with Crippen molar-refractivity contribution < 1.29 is 14.5 Å². The minimum atomic E-state index is -0.311. The Morgan fingerprint density at radius 1 is 1.00 bits per heavy atom. The van der Waals surface area contributed by atoms with Gasteiger partial charge in [-0.15, -0.1) is 0 Å². The molecule has 2 aliphatic carbocycles. The molecule has 1 saturated heterocycles. The molecule has 3 atom stereocenters.